The molecule has 23 heavy (non-hydrogen) atoms. The first-order valence-corrected chi connectivity index (χ1v) is 7.38. The van der Waals surface area contributed by atoms with E-state index in [0.717, 1.165) is 0 Å². The van der Waals surface area contributed by atoms with E-state index in [1.54, 1.807) is 31.2 Å². The van der Waals surface area contributed by atoms with Gasteiger partial charge in [-0.3, -0.25) is 14.9 Å². The molecule has 0 aliphatic heterocycles. The monoisotopic (exact) mass is 377 g/mol. The largest absolute Gasteiger partial charge is 0.454 e. The Kier molecular flexibility index (Phi) is 5.23. The van der Waals surface area contributed by atoms with E-state index in [2.05, 4.69) is 15.9 Å². The van der Waals surface area contributed by atoms with Gasteiger partial charge in [0.1, 0.15) is 0 Å². The third-order valence-corrected chi connectivity index (χ3v) is 3.62. The van der Waals surface area contributed by atoms with Gasteiger partial charge in [0.25, 0.3) is 5.69 Å². The summed E-state index contributed by atoms with van der Waals surface area (Å²) < 4.78 is 5.67. The lowest BCUT2D eigenvalue weighted by Crippen LogP contribution is -2.14. The number of aryl methyl sites for hydroxylation is 1. The van der Waals surface area contributed by atoms with E-state index in [0.29, 0.717) is 15.6 Å². The number of rotatable bonds is 5. The van der Waals surface area contributed by atoms with Crippen molar-refractivity contribution in [1.29, 1.82) is 0 Å². The van der Waals surface area contributed by atoms with Crippen LogP contribution in [0.5, 0.6) is 0 Å². The number of halogens is 1. The summed E-state index contributed by atoms with van der Waals surface area (Å²) in [5.74, 6) is -1.14. The van der Waals surface area contributed by atoms with E-state index in [1.807, 2.05) is 0 Å². The summed E-state index contributed by atoms with van der Waals surface area (Å²) in [5.41, 5.74) is 0.748. The molecule has 0 aliphatic carbocycles. The first kappa shape index (κ1) is 16.8. The van der Waals surface area contributed by atoms with Crippen LogP contribution >= 0.6 is 15.9 Å². The molecular weight excluding hydrogens is 366 g/mol. The maximum absolute atomic E-state index is 12.0. The van der Waals surface area contributed by atoms with Gasteiger partial charge in [-0.05, 0) is 25.1 Å². The molecule has 0 atom stereocenters. The molecule has 0 amide bonds. The molecule has 0 fully saturated rings. The van der Waals surface area contributed by atoms with E-state index >= 15 is 0 Å². The van der Waals surface area contributed by atoms with Crippen molar-refractivity contribution in [3.63, 3.8) is 0 Å². The molecule has 0 unspecified atom stereocenters. The number of hydrogen-bond acceptors (Lipinski definition) is 5. The standard InChI is InChI=1S/C16H12BrNO5/c1-10-5-6-11(8-14(10)18(21)22)15(19)9-23-16(20)12-3-2-4-13(17)7-12/h2-8H,9H2,1H3. The van der Waals surface area contributed by atoms with Crippen molar-refractivity contribution >= 4 is 33.4 Å². The van der Waals surface area contributed by atoms with E-state index in [9.17, 15) is 19.7 Å². The van der Waals surface area contributed by atoms with Crippen LogP contribution < -0.4 is 0 Å². The van der Waals surface area contributed by atoms with Gasteiger partial charge in [0.15, 0.2) is 6.61 Å². The normalized spacial score (nSPS) is 10.2. The van der Waals surface area contributed by atoms with Crippen LogP contribution in [-0.4, -0.2) is 23.3 Å². The first-order valence-electron chi connectivity index (χ1n) is 6.59. The summed E-state index contributed by atoms with van der Waals surface area (Å²) in [6, 6.07) is 10.7. The van der Waals surface area contributed by atoms with Crippen LogP contribution in [-0.2, 0) is 4.74 Å². The molecule has 0 radical (unpaired) electrons. The van der Waals surface area contributed by atoms with Crippen molar-refractivity contribution in [3.8, 4) is 0 Å². The predicted molar refractivity (Wildman–Crippen MR) is 86.6 cm³/mol. The average Bonchev–Trinajstić information content (AvgIpc) is 2.52. The Hall–Kier alpha value is -2.54. The summed E-state index contributed by atoms with van der Waals surface area (Å²) in [5, 5.41) is 10.9. The van der Waals surface area contributed by atoms with Crippen LogP contribution in [0.3, 0.4) is 0 Å². The van der Waals surface area contributed by atoms with Crippen molar-refractivity contribution in [3.05, 3.63) is 73.7 Å². The van der Waals surface area contributed by atoms with E-state index < -0.39 is 23.3 Å². The van der Waals surface area contributed by atoms with Gasteiger partial charge in [0, 0.05) is 21.7 Å². The minimum atomic E-state index is -0.638. The first-order chi connectivity index (χ1) is 10.9. The van der Waals surface area contributed by atoms with Gasteiger partial charge in [-0.25, -0.2) is 4.79 Å². The number of nitro benzene ring substituents is 1. The van der Waals surface area contributed by atoms with Crippen molar-refractivity contribution in [2.24, 2.45) is 0 Å². The number of esters is 1. The van der Waals surface area contributed by atoms with Gasteiger partial charge in [0.05, 0.1) is 10.5 Å². The Morgan fingerprint density at radius 3 is 2.57 bits per heavy atom. The third kappa shape index (κ3) is 4.23. The minimum absolute atomic E-state index is 0.129. The molecule has 6 nitrogen and oxygen atoms in total. The lowest BCUT2D eigenvalue weighted by Gasteiger charge is -2.05. The zero-order chi connectivity index (χ0) is 17.0. The fourth-order valence-corrected chi connectivity index (χ4v) is 2.29. The molecule has 0 saturated carbocycles. The average molecular weight is 378 g/mol. The van der Waals surface area contributed by atoms with E-state index in [-0.39, 0.29) is 11.3 Å². The SMILES string of the molecule is Cc1ccc(C(=O)COC(=O)c2cccc(Br)c2)cc1[N+](=O)[O-]. The zero-order valence-electron chi connectivity index (χ0n) is 12.1. The van der Waals surface area contributed by atoms with Gasteiger partial charge in [-0.1, -0.05) is 34.1 Å². The number of nitro groups is 1. The number of carbonyl (C=O) groups is 2. The van der Waals surface area contributed by atoms with Crippen LogP contribution in [0.1, 0.15) is 26.3 Å². The number of ketones is 1. The summed E-state index contributed by atoms with van der Waals surface area (Å²) >= 11 is 3.24. The Balaban J connectivity index is 2.06. The molecule has 7 heteroatoms. The zero-order valence-corrected chi connectivity index (χ0v) is 13.7. The molecule has 2 rings (SSSR count). The highest BCUT2D eigenvalue weighted by atomic mass is 79.9. The molecule has 0 bridgehead atoms. The molecule has 2 aromatic rings. The van der Waals surface area contributed by atoms with Gasteiger partial charge in [-0.2, -0.15) is 0 Å². The predicted octanol–water partition coefficient (Wildman–Crippen LogP) is 3.71. The van der Waals surface area contributed by atoms with Gasteiger partial charge in [0.2, 0.25) is 5.78 Å². The highest BCUT2D eigenvalue weighted by Gasteiger charge is 2.17. The second-order valence-corrected chi connectivity index (χ2v) is 5.68. The Bertz CT molecular complexity index is 788. The summed E-state index contributed by atoms with van der Waals surface area (Å²) in [7, 11) is 0. The number of Topliss-reactive ketones (excluding diaryl/α,β-unsaturated/α-hetero) is 1. The maximum Gasteiger partial charge on any atom is 0.338 e. The van der Waals surface area contributed by atoms with Crippen LogP contribution in [0.15, 0.2) is 46.9 Å². The van der Waals surface area contributed by atoms with Crippen LogP contribution in [0.4, 0.5) is 5.69 Å². The highest BCUT2D eigenvalue weighted by Crippen LogP contribution is 2.20. The highest BCUT2D eigenvalue weighted by molar-refractivity contribution is 9.10. The molecule has 0 aliphatic rings. The van der Waals surface area contributed by atoms with E-state index in [4.69, 9.17) is 4.74 Å². The van der Waals surface area contributed by atoms with Crippen molar-refractivity contribution in [2.45, 2.75) is 6.92 Å². The number of carbonyl (C=O) groups excluding carboxylic acids is 2. The molecule has 0 saturated heterocycles. The number of nitrogens with zero attached hydrogens (tertiary/aromatic N) is 1. The molecule has 2 aromatic carbocycles. The van der Waals surface area contributed by atoms with Crippen LogP contribution in [0.2, 0.25) is 0 Å². The van der Waals surface area contributed by atoms with E-state index in [1.165, 1.54) is 18.2 Å². The maximum atomic E-state index is 12.0. The quantitative estimate of drug-likeness (QED) is 0.343. The fourth-order valence-electron chi connectivity index (χ4n) is 1.89. The lowest BCUT2D eigenvalue weighted by atomic mass is 10.1. The van der Waals surface area contributed by atoms with Crippen molar-refractivity contribution in [2.75, 3.05) is 6.61 Å². The molecule has 0 N–H and O–H groups in total. The minimum Gasteiger partial charge on any atom is -0.454 e. The number of hydrogen-bond donors (Lipinski definition) is 0. The van der Waals surface area contributed by atoms with Gasteiger partial charge in [-0.15, -0.1) is 0 Å². The molecule has 118 valence electrons. The van der Waals surface area contributed by atoms with Crippen LogP contribution in [0, 0.1) is 17.0 Å². The summed E-state index contributed by atoms with van der Waals surface area (Å²) in [6.45, 7) is 1.10. The molecule has 0 aromatic heterocycles. The number of benzene rings is 2. The lowest BCUT2D eigenvalue weighted by molar-refractivity contribution is -0.385. The summed E-state index contributed by atoms with van der Waals surface area (Å²) in [4.78, 5) is 34.2. The second kappa shape index (κ2) is 7.15. The Morgan fingerprint density at radius 2 is 1.91 bits per heavy atom. The fraction of sp³-hybridized carbons (Fsp3) is 0.125. The van der Waals surface area contributed by atoms with Gasteiger partial charge < -0.3 is 4.74 Å². The summed E-state index contributed by atoms with van der Waals surface area (Å²) in [6.07, 6.45) is 0. The van der Waals surface area contributed by atoms with Gasteiger partial charge >= 0.3 is 5.97 Å². The topological polar surface area (TPSA) is 86.5 Å². The third-order valence-electron chi connectivity index (χ3n) is 3.12. The van der Waals surface area contributed by atoms with Crippen molar-refractivity contribution < 1.29 is 19.2 Å². The van der Waals surface area contributed by atoms with Crippen LogP contribution in [0.25, 0.3) is 0 Å². The molecule has 0 heterocycles. The number of ether oxygens (including phenoxy) is 1. The smallest absolute Gasteiger partial charge is 0.338 e. The molecule has 0 spiro atoms. The Labute approximate surface area is 140 Å². The Morgan fingerprint density at radius 1 is 1.17 bits per heavy atom. The van der Waals surface area contributed by atoms with Crippen molar-refractivity contribution in [1.82, 2.24) is 0 Å². The molecular formula is C16H12BrNO5. The second-order valence-electron chi connectivity index (χ2n) is 4.77.